The van der Waals surface area contributed by atoms with Gasteiger partial charge in [-0.25, -0.2) is 15.0 Å². The van der Waals surface area contributed by atoms with Crippen molar-refractivity contribution in [2.45, 2.75) is 0 Å². The number of aromatic nitrogens is 3. The number of furan rings is 1. The standard InChI is InChI=1S/C51H31N3O/c1-2-12-33(13-3-1)45-31-46(34-24-22-32(23-25-34)43-30-37-14-4-5-15-38(37)39-16-6-7-17-40(39)43)54-51(53-45)36-28-26-35(27-29-36)49-50-48(41-18-8-10-20-44(41)52-49)42-19-9-11-21-47(42)55-50/h1-31H. The quantitative estimate of drug-likeness (QED) is 0.168. The molecule has 0 fully saturated rings. The van der Waals surface area contributed by atoms with Gasteiger partial charge in [0.1, 0.15) is 11.3 Å². The Bertz CT molecular complexity index is 3240. The predicted molar refractivity (Wildman–Crippen MR) is 227 cm³/mol. The van der Waals surface area contributed by atoms with Gasteiger partial charge in [0.25, 0.3) is 0 Å². The Kier molecular flexibility index (Phi) is 7.14. The highest BCUT2D eigenvalue weighted by Gasteiger charge is 2.18. The third kappa shape index (κ3) is 5.26. The second kappa shape index (κ2) is 12.6. The van der Waals surface area contributed by atoms with Gasteiger partial charge < -0.3 is 4.42 Å². The number of hydrogen-bond donors (Lipinski definition) is 0. The van der Waals surface area contributed by atoms with E-state index in [2.05, 4.69) is 152 Å². The lowest BCUT2D eigenvalue weighted by atomic mass is 9.93. The van der Waals surface area contributed by atoms with E-state index in [-0.39, 0.29) is 0 Å². The third-order valence-electron chi connectivity index (χ3n) is 10.7. The van der Waals surface area contributed by atoms with Crippen LogP contribution in [0.25, 0.3) is 111 Å². The van der Waals surface area contributed by atoms with Crippen LogP contribution in [-0.4, -0.2) is 15.0 Å². The van der Waals surface area contributed by atoms with E-state index in [1.54, 1.807) is 0 Å². The van der Waals surface area contributed by atoms with Crippen molar-refractivity contribution >= 4 is 54.4 Å². The molecule has 0 aliphatic carbocycles. The molecule has 4 nitrogen and oxygen atoms in total. The van der Waals surface area contributed by atoms with Crippen molar-refractivity contribution in [3.05, 3.63) is 188 Å². The van der Waals surface area contributed by atoms with Crippen LogP contribution in [0.1, 0.15) is 0 Å². The summed E-state index contributed by atoms with van der Waals surface area (Å²) < 4.78 is 6.48. The maximum atomic E-state index is 6.48. The summed E-state index contributed by atoms with van der Waals surface area (Å²) in [6.45, 7) is 0. The van der Waals surface area contributed by atoms with Crippen molar-refractivity contribution in [3.63, 3.8) is 0 Å². The highest BCUT2D eigenvalue weighted by molar-refractivity contribution is 6.20. The van der Waals surface area contributed by atoms with Crippen LogP contribution >= 0.6 is 0 Å². The second-order valence-corrected chi connectivity index (χ2v) is 14.0. The van der Waals surface area contributed by atoms with E-state index >= 15 is 0 Å². The summed E-state index contributed by atoms with van der Waals surface area (Å²) in [5.74, 6) is 0.660. The molecule has 0 radical (unpaired) electrons. The minimum absolute atomic E-state index is 0.660. The Morgan fingerprint density at radius 3 is 1.71 bits per heavy atom. The average Bonchev–Trinajstić information content (AvgIpc) is 3.66. The summed E-state index contributed by atoms with van der Waals surface area (Å²) in [7, 11) is 0. The molecule has 0 saturated carbocycles. The van der Waals surface area contributed by atoms with Crippen LogP contribution in [0, 0.1) is 0 Å². The smallest absolute Gasteiger partial charge is 0.162 e. The summed E-state index contributed by atoms with van der Waals surface area (Å²) in [5.41, 5.74) is 11.5. The van der Waals surface area contributed by atoms with E-state index in [1.807, 2.05) is 36.4 Å². The fraction of sp³-hybridized carbons (Fsp3) is 0. The van der Waals surface area contributed by atoms with E-state index in [9.17, 15) is 0 Å². The first-order valence-corrected chi connectivity index (χ1v) is 18.5. The van der Waals surface area contributed by atoms with Gasteiger partial charge in [-0.15, -0.1) is 0 Å². The van der Waals surface area contributed by atoms with Gasteiger partial charge in [0.2, 0.25) is 0 Å². The molecule has 3 heterocycles. The predicted octanol–water partition coefficient (Wildman–Crippen LogP) is 13.6. The third-order valence-corrected chi connectivity index (χ3v) is 10.7. The highest BCUT2D eigenvalue weighted by atomic mass is 16.3. The van der Waals surface area contributed by atoms with E-state index < -0.39 is 0 Å². The van der Waals surface area contributed by atoms with Gasteiger partial charge in [-0.2, -0.15) is 0 Å². The number of benzene rings is 8. The molecular formula is C51H31N3O. The molecule has 0 N–H and O–H groups in total. The zero-order chi connectivity index (χ0) is 36.3. The molecule has 256 valence electrons. The molecule has 11 aromatic rings. The van der Waals surface area contributed by atoms with Crippen molar-refractivity contribution in [2.75, 3.05) is 0 Å². The summed E-state index contributed by atoms with van der Waals surface area (Å²) in [5, 5.41) is 8.27. The Hall–Kier alpha value is -7.43. The lowest BCUT2D eigenvalue weighted by Crippen LogP contribution is -1.96. The highest BCUT2D eigenvalue weighted by Crippen LogP contribution is 2.40. The molecule has 0 bridgehead atoms. The van der Waals surface area contributed by atoms with Gasteiger partial charge >= 0.3 is 0 Å². The van der Waals surface area contributed by atoms with E-state index in [1.165, 1.54) is 32.7 Å². The Morgan fingerprint density at radius 2 is 0.927 bits per heavy atom. The van der Waals surface area contributed by atoms with Crippen LogP contribution in [0.5, 0.6) is 0 Å². The molecule has 55 heavy (non-hydrogen) atoms. The maximum absolute atomic E-state index is 6.48. The number of rotatable bonds is 5. The van der Waals surface area contributed by atoms with E-state index in [0.717, 1.165) is 72.2 Å². The number of para-hydroxylation sites is 2. The largest absolute Gasteiger partial charge is 0.454 e. The van der Waals surface area contributed by atoms with Crippen molar-refractivity contribution in [3.8, 4) is 56.3 Å². The van der Waals surface area contributed by atoms with Gasteiger partial charge in [0, 0.05) is 38.4 Å². The van der Waals surface area contributed by atoms with E-state index in [0.29, 0.717) is 5.82 Å². The molecule has 0 atom stereocenters. The first-order valence-electron chi connectivity index (χ1n) is 18.5. The van der Waals surface area contributed by atoms with Crippen LogP contribution in [0.2, 0.25) is 0 Å². The maximum Gasteiger partial charge on any atom is 0.162 e. The van der Waals surface area contributed by atoms with Crippen LogP contribution in [0.4, 0.5) is 0 Å². The first-order chi connectivity index (χ1) is 27.2. The zero-order valence-electron chi connectivity index (χ0n) is 29.6. The zero-order valence-corrected chi connectivity index (χ0v) is 29.6. The van der Waals surface area contributed by atoms with Gasteiger partial charge in [-0.1, -0.05) is 164 Å². The minimum atomic E-state index is 0.660. The SMILES string of the molecule is c1ccc(-c2cc(-c3ccc(-c4cc5ccccc5c5ccccc45)cc3)nc(-c3ccc(-c4nc5ccccc5c5c4oc4ccccc45)cc3)n2)cc1. The second-order valence-electron chi connectivity index (χ2n) is 14.0. The Balaban J connectivity index is 1.01. The molecule has 0 aliphatic heterocycles. The van der Waals surface area contributed by atoms with Crippen molar-refractivity contribution < 1.29 is 4.42 Å². The fourth-order valence-corrected chi connectivity index (χ4v) is 8.00. The molecular weight excluding hydrogens is 671 g/mol. The van der Waals surface area contributed by atoms with Crippen LogP contribution in [0.3, 0.4) is 0 Å². The number of pyridine rings is 1. The van der Waals surface area contributed by atoms with Gasteiger partial charge in [-0.3, -0.25) is 0 Å². The van der Waals surface area contributed by atoms with Crippen LogP contribution in [-0.2, 0) is 0 Å². The van der Waals surface area contributed by atoms with Gasteiger partial charge in [0.15, 0.2) is 11.4 Å². The van der Waals surface area contributed by atoms with Gasteiger partial charge in [-0.05, 0) is 56.9 Å². The summed E-state index contributed by atoms with van der Waals surface area (Å²) in [6, 6.07) is 65.6. The molecule has 8 aromatic carbocycles. The first kappa shape index (κ1) is 31.1. The minimum Gasteiger partial charge on any atom is -0.454 e. The fourth-order valence-electron chi connectivity index (χ4n) is 8.00. The van der Waals surface area contributed by atoms with Crippen molar-refractivity contribution in [1.29, 1.82) is 0 Å². The Morgan fingerprint density at radius 1 is 0.364 bits per heavy atom. The topological polar surface area (TPSA) is 51.8 Å². The molecule has 0 unspecified atom stereocenters. The lowest BCUT2D eigenvalue weighted by Gasteiger charge is -2.13. The normalized spacial score (nSPS) is 11.6. The molecule has 0 spiro atoms. The van der Waals surface area contributed by atoms with Crippen LogP contribution in [0.15, 0.2) is 192 Å². The molecule has 0 aliphatic rings. The number of nitrogens with zero attached hydrogens (tertiary/aromatic N) is 3. The Labute approximate surface area is 317 Å². The number of fused-ring (bicyclic) bond motifs is 8. The van der Waals surface area contributed by atoms with Crippen molar-refractivity contribution in [1.82, 2.24) is 15.0 Å². The monoisotopic (exact) mass is 701 g/mol. The summed E-state index contributed by atoms with van der Waals surface area (Å²) in [4.78, 5) is 15.4. The molecule has 0 saturated heterocycles. The number of hydrogen-bond acceptors (Lipinski definition) is 4. The van der Waals surface area contributed by atoms with Crippen molar-refractivity contribution in [2.24, 2.45) is 0 Å². The van der Waals surface area contributed by atoms with E-state index in [4.69, 9.17) is 19.4 Å². The molecule has 3 aromatic heterocycles. The lowest BCUT2D eigenvalue weighted by molar-refractivity contribution is 0.669. The van der Waals surface area contributed by atoms with Crippen LogP contribution < -0.4 is 0 Å². The summed E-state index contributed by atoms with van der Waals surface area (Å²) >= 11 is 0. The average molecular weight is 702 g/mol. The molecule has 0 amide bonds. The van der Waals surface area contributed by atoms with Gasteiger partial charge in [0.05, 0.1) is 16.9 Å². The molecule has 11 rings (SSSR count). The molecule has 4 heteroatoms. The summed E-state index contributed by atoms with van der Waals surface area (Å²) in [6.07, 6.45) is 0.